The lowest BCUT2D eigenvalue weighted by Crippen LogP contribution is -2.20. The lowest BCUT2D eigenvalue weighted by atomic mass is 10.1. The highest BCUT2D eigenvalue weighted by atomic mass is 32.2. The minimum absolute atomic E-state index is 0.0361. The van der Waals surface area contributed by atoms with Gasteiger partial charge in [0.1, 0.15) is 11.3 Å². The van der Waals surface area contributed by atoms with E-state index in [1.807, 2.05) is 26.0 Å². The first-order valence-corrected chi connectivity index (χ1v) is 10.3. The molecule has 0 bridgehead atoms. The van der Waals surface area contributed by atoms with Gasteiger partial charge in [0.25, 0.3) is 15.9 Å². The van der Waals surface area contributed by atoms with Crippen LogP contribution in [0.25, 0.3) is 0 Å². The van der Waals surface area contributed by atoms with Gasteiger partial charge >= 0.3 is 0 Å². The summed E-state index contributed by atoms with van der Waals surface area (Å²) >= 11 is 0. The van der Waals surface area contributed by atoms with Crippen molar-refractivity contribution < 1.29 is 17.9 Å². The van der Waals surface area contributed by atoms with Crippen LogP contribution in [0.15, 0.2) is 47.5 Å². The molecule has 0 radical (unpaired) electrons. The van der Waals surface area contributed by atoms with Crippen LogP contribution < -0.4 is 14.8 Å². The van der Waals surface area contributed by atoms with Gasteiger partial charge < -0.3 is 10.1 Å². The van der Waals surface area contributed by atoms with Gasteiger partial charge in [0, 0.05) is 17.1 Å². The number of methoxy groups -OCH3 is 1. The molecule has 0 saturated carbocycles. The number of hydrogen-bond donors (Lipinski definition) is 3. The number of anilines is 2. The fourth-order valence-corrected chi connectivity index (χ4v) is 4.09. The van der Waals surface area contributed by atoms with Gasteiger partial charge in [-0.3, -0.25) is 14.6 Å². The van der Waals surface area contributed by atoms with Gasteiger partial charge in [0.05, 0.1) is 7.11 Å². The molecule has 2 aromatic carbocycles. The first kappa shape index (κ1) is 20.4. The monoisotopic (exact) mass is 414 g/mol. The summed E-state index contributed by atoms with van der Waals surface area (Å²) in [5.74, 6) is 0.0374. The standard InChI is InChI=1S/C20H22N4O4S/c1-12-5-10-17(13(2)11-12)21-19(25)18-14(3)22-23-20(18)29(26,27)24-15-6-8-16(28-4)9-7-15/h5-11,24H,1-4H3,(H,21,25)(H,22,23). The van der Waals surface area contributed by atoms with Crippen LogP contribution in [0.2, 0.25) is 0 Å². The average molecular weight is 414 g/mol. The molecule has 152 valence electrons. The summed E-state index contributed by atoms with van der Waals surface area (Å²) in [6, 6.07) is 12.0. The number of aryl methyl sites for hydroxylation is 3. The first-order chi connectivity index (χ1) is 13.7. The van der Waals surface area contributed by atoms with Crippen LogP contribution in [0.5, 0.6) is 5.75 Å². The van der Waals surface area contributed by atoms with Crippen LogP contribution in [0, 0.1) is 20.8 Å². The Balaban J connectivity index is 1.90. The van der Waals surface area contributed by atoms with Gasteiger partial charge in [0.2, 0.25) is 5.03 Å². The van der Waals surface area contributed by atoms with Gasteiger partial charge in [-0.15, -0.1) is 0 Å². The SMILES string of the molecule is COc1ccc(NS(=O)(=O)c2n[nH]c(C)c2C(=O)Nc2ccc(C)cc2C)cc1. The van der Waals surface area contributed by atoms with Gasteiger partial charge in [-0.05, 0) is 56.7 Å². The van der Waals surface area contributed by atoms with Gasteiger partial charge in [-0.2, -0.15) is 13.5 Å². The van der Waals surface area contributed by atoms with Crippen LogP contribution in [0.3, 0.4) is 0 Å². The number of aromatic nitrogens is 2. The molecule has 0 spiro atoms. The van der Waals surface area contributed by atoms with E-state index >= 15 is 0 Å². The number of aromatic amines is 1. The number of nitrogens with one attached hydrogen (secondary N) is 3. The van der Waals surface area contributed by atoms with E-state index in [0.29, 0.717) is 22.8 Å². The summed E-state index contributed by atoms with van der Waals surface area (Å²) in [5.41, 5.74) is 3.18. The van der Waals surface area contributed by atoms with Crippen molar-refractivity contribution in [3.8, 4) is 5.75 Å². The molecule has 8 nitrogen and oxygen atoms in total. The number of H-pyrrole nitrogens is 1. The summed E-state index contributed by atoms with van der Waals surface area (Å²) in [6.07, 6.45) is 0. The number of amides is 1. The first-order valence-electron chi connectivity index (χ1n) is 8.81. The molecule has 9 heteroatoms. The molecule has 1 amide bonds. The van der Waals surface area contributed by atoms with E-state index < -0.39 is 15.9 Å². The van der Waals surface area contributed by atoms with Crippen molar-refractivity contribution >= 4 is 27.3 Å². The maximum absolute atomic E-state index is 12.9. The average Bonchev–Trinajstić information content (AvgIpc) is 3.07. The summed E-state index contributed by atoms with van der Waals surface area (Å²) in [7, 11) is -2.57. The molecule has 0 saturated heterocycles. The highest BCUT2D eigenvalue weighted by Crippen LogP contribution is 2.24. The zero-order valence-corrected chi connectivity index (χ0v) is 17.3. The molecule has 0 aliphatic carbocycles. The molecule has 1 heterocycles. The summed E-state index contributed by atoms with van der Waals surface area (Å²) in [5, 5.41) is 8.84. The number of rotatable bonds is 6. The van der Waals surface area contributed by atoms with Crippen molar-refractivity contribution in [2.45, 2.75) is 25.8 Å². The Morgan fingerprint density at radius 2 is 1.76 bits per heavy atom. The van der Waals surface area contributed by atoms with Crippen molar-refractivity contribution in [2.24, 2.45) is 0 Å². The zero-order chi connectivity index (χ0) is 21.2. The third-order valence-corrected chi connectivity index (χ3v) is 5.68. The third kappa shape index (κ3) is 4.40. The second-order valence-corrected chi connectivity index (χ2v) is 8.23. The molecule has 3 rings (SSSR count). The maximum atomic E-state index is 12.9. The topological polar surface area (TPSA) is 113 Å². The Labute approximate surface area is 169 Å². The quantitative estimate of drug-likeness (QED) is 0.572. The Kier molecular flexibility index (Phi) is 5.60. The molecule has 0 aliphatic rings. The van der Waals surface area contributed by atoms with E-state index in [4.69, 9.17) is 4.74 Å². The molecule has 3 aromatic rings. The number of nitrogens with zero attached hydrogens (tertiary/aromatic N) is 1. The van der Waals surface area contributed by atoms with Gasteiger partial charge in [-0.1, -0.05) is 17.7 Å². The second kappa shape index (κ2) is 7.96. The molecule has 29 heavy (non-hydrogen) atoms. The molecular weight excluding hydrogens is 392 g/mol. The normalized spacial score (nSPS) is 11.2. The number of benzene rings is 2. The van der Waals surface area contributed by atoms with E-state index in [1.54, 1.807) is 37.3 Å². The van der Waals surface area contributed by atoms with Crippen LogP contribution in [-0.4, -0.2) is 31.6 Å². The minimum atomic E-state index is -4.09. The molecule has 0 fully saturated rings. The second-order valence-electron chi connectivity index (χ2n) is 6.64. The van der Waals surface area contributed by atoms with E-state index in [9.17, 15) is 13.2 Å². The van der Waals surface area contributed by atoms with Crippen LogP contribution in [0.4, 0.5) is 11.4 Å². The van der Waals surface area contributed by atoms with Crippen LogP contribution in [0.1, 0.15) is 27.2 Å². The lowest BCUT2D eigenvalue weighted by Gasteiger charge is -2.11. The Hall–Kier alpha value is -3.33. The maximum Gasteiger partial charge on any atom is 0.282 e. The molecule has 0 atom stereocenters. The van der Waals surface area contributed by atoms with E-state index in [-0.39, 0.29) is 10.6 Å². The van der Waals surface area contributed by atoms with E-state index in [2.05, 4.69) is 20.2 Å². The number of carbonyl (C=O) groups is 1. The van der Waals surface area contributed by atoms with Crippen molar-refractivity contribution in [1.29, 1.82) is 0 Å². The fourth-order valence-electron chi connectivity index (χ4n) is 2.87. The van der Waals surface area contributed by atoms with Crippen molar-refractivity contribution in [3.63, 3.8) is 0 Å². The number of sulfonamides is 1. The molecule has 1 aromatic heterocycles. The highest BCUT2D eigenvalue weighted by Gasteiger charge is 2.28. The summed E-state index contributed by atoms with van der Waals surface area (Å²) < 4.78 is 33.2. The highest BCUT2D eigenvalue weighted by molar-refractivity contribution is 7.92. The third-order valence-electron chi connectivity index (χ3n) is 4.37. The predicted octanol–water partition coefficient (Wildman–Crippen LogP) is 3.40. The van der Waals surface area contributed by atoms with Gasteiger partial charge in [0.15, 0.2) is 0 Å². The van der Waals surface area contributed by atoms with Crippen molar-refractivity contribution in [2.75, 3.05) is 17.1 Å². The smallest absolute Gasteiger partial charge is 0.282 e. The van der Waals surface area contributed by atoms with E-state index in [0.717, 1.165) is 11.1 Å². The zero-order valence-electron chi connectivity index (χ0n) is 16.5. The van der Waals surface area contributed by atoms with Crippen molar-refractivity contribution in [3.05, 3.63) is 64.8 Å². The van der Waals surface area contributed by atoms with Gasteiger partial charge in [-0.25, -0.2) is 0 Å². The molecule has 0 unspecified atom stereocenters. The van der Waals surface area contributed by atoms with Crippen LogP contribution in [-0.2, 0) is 10.0 Å². The molecular formula is C20H22N4O4S. The largest absolute Gasteiger partial charge is 0.497 e. The van der Waals surface area contributed by atoms with E-state index in [1.165, 1.54) is 7.11 Å². The predicted molar refractivity (Wildman–Crippen MR) is 111 cm³/mol. The number of carbonyl (C=O) groups excluding carboxylic acids is 1. The number of hydrogen-bond acceptors (Lipinski definition) is 5. The molecule has 0 aliphatic heterocycles. The fraction of sp³-hybridized carbons (Fsp3) is 0.200. The number of ether oxygens (including phenoxy) is 1. The summed E-state index contributed by atoms with van der Waals surface area (Å²) in [6.45, 7) is 5.42. The van der Waals surface area contributed by atoms with Crippen molar-refractivity contribution in [1.82, 2.24) is 10.2 Å². The minimum Gasteiger partial charge on any atom is -0.497 e. The molecule has 3 N–H and O–H groups in total. The van der Waals surface area contributed by atoms with Crippen LogP contribution >= 0.6 is 0 Å². The Morgan fingerprint density at radius 1 is 1.07 bits per heavy atom. The lowest BCUT2D eigenvalue weighted by molar-refractivity contribution is 0.102. The Morgan fingerprint density at radius 3 is 2.38 bits per heavy atom. The Bertz CT molecular complexity index is 1150. The summed E-state index contributed by atoms with van der Waals surface area (Å²) in [4.78, 5) is 12.9.